The summed E-state index contributed by atoms with van der Waals surface area (Å²) in [5, 5.41) is 3.27. The molecular weight excluding hydrogens is 318 g/mol. The van der Waals surface area contributed by atoms with Crippen molar-refractivity contribution in [2.75, 3.05) is 56.5 Å². The second-order valence-electron chi connectivity index (χ2n) is 5.61. The molecule has 1 aromatic carbocycles. The van der Waals surface area contributed by atoms with Crippen LogP contribution in [0.5, 0.6) is 0 Å². The van der Waals surface area contributed by atoms with Crippen molar-refractivity contribution in [2.45, 2.75) is 13.3 Å². The number of ether oxygens (including phenoxy) is 2. The third-order valence-electron chi connectivity index (χ3n) is 3.92. The third-order valence-corrected chi connectivity index (χ3v) is 3.92. The molecule has 0 saturated carbocycles. The molecule has 136 valence electrons. The predicted molar refractivity (Wildman–Crippen MR) is 102 cm³/mol. The van der Waals surface area contributed by atoms with Crippen molar-refractivity contribution in [1.82, 2.24) is 9.97 Å². The van der Waals surface area contributed by atoms with Gasteiger partial charge in [0.05, 0.1) is 13.2 Å². The smallest absolute Gasteiger partial charge is 0.159 e. The largest absolute Gasteiger partial charge is 0.393 e. The van der Waals surface area contributed by atoms with Gasteiger partial charge in [0.25, 0.3) is 0 Å². The van der Waals surface area contributed by atoms with Crippen molar-refractivity contribution in [1.29, 1.82) is 0 Å². The molecule has 2 aromatic rings. The number of nitrogens with two attached hydrogens (primary N) is 1. The van der Waals surface area contributed by atoms with Crippen LogP contribution in [-0.4, -0.2) is 50.5 Å². The van der Waals surface area contributed by atoms with Crippen molar-refractivity contribution in [3.05, 3.63) is 36.2 Å². The summed E-state index contributed by atoms with van der Waals surface area (Å²) in [6.07, 6.45) is 2.52. The zero-order valence-electron chi connectivity index (χ0n) is 15.2. The maximum atomic E-state index is 6.32. The number of benzene rings is 1. The molecule has 0 bridgehead atoms. The minimum absolute atomic E-state index is 0.509. The molecule has 0 aliphatic heterocycles. The summed E-state index contributed by atoms with van der Waals surface area (Å²) in [5.41, 5.74) is 9.05. The molecule has 7 nitrogen and oxygen atoms in total. The normalized spacial score (nSPS) is 10.7. The topological polar surface area (TPSA) is 85.5 Å². The second-order valence-corrected chi connectivity index (χ2v) is 5.61. The maximum absolute atomic E-state index is 6.32. The third kappa shape index (κ3) is 5.30. The average Bonchev–Trinajstić information content (AvgIpc) is 2.65. The Kier molecular flexibility index (Phi) is 7.43. The van der Waals surface area contributed by atoms with Gasteiger partial charge in [-0.05, 0) is 24.1 Å². The summed E-state index contributed by atoms with van der Waals surface area (Å²) in [6, 6.07) is 8.22. The lowest BCUT2D eigenvalue weighted by Gasteiger charge is -2.25. The van der Waals surface area contributed by atoms with Gasteiger partial charge in [0.1, 0.15) is 12.0 Å². The predicted octanol–water partition coefficient (Wildman–Crippen LogP) is 2.46. The van der Waals surface area contributed by atoms with E-state index < -0.39 is 0 Å². The van der Waals surface area contributed by atoms with E-state index in [1.165, 1.54) is 11.9 Å². The first-order chi connectivity index (χ1) is 12.2. The molecule has 0 radical (unpaired) electrons. The zero-order chi connectivity index (χ0) is 18.1. The highest BCUT2D eigenvalue weighted by Gasteiger charge is 2.15. The molecule has 25 heavy (non-hydrogen) atoms. The summed E-state index contributed by atoms with van der Waals surface area (Å²) < 4.78 is 10.4. The molecule has 1 heterocycles. The molecule has 0 aliphatic rings. The fraction of sp³-hybridized carbons (Fsp3) is 0.444. The lowest BCUT2D eigenvalue weighted by molar-refractivity contribution is 0.190. The van der Waals surface area contributed by atoms with Crippen molar-refractivity contribution in [3.63, 3.8) is 0 Å². The van der Waals surface area contributed by atoms with Crippen LogP contribution in [0.3, 0.4) is 0 Å². The van der Waals surface area contributed by atoms with Crippen LogP contribution in [0.1, 0.15) is 12.5 Å². The van der Waals surface area contributed by atoms with Crippen LogP contribution < -0.4 is 16.0 Å². The van der Waals surface area contributed by atoms with Crippen LogP contribution in [0.25, 0.3) is 0 Å². The van der Waals surface area contributed by atoms with Gasteiger partial charge in [-0.1, -0.05) is 19.1 Å². The Morgan fingerprint density at radius 1 is 1.04 bits per heavy atom. The zero-order valence-corrected chi connectivity index (χ0v) is 15.2. The highest BCUT2D eigenvalue weighted by molar-refractivity contribution is 5.78. The quantitative estimate of drug-likeness (QED) is 0.684. The molecule has 0 saturated heterocycles. The van der Waals surface area contributed by atoms with E-state index in [0.29, 0.717) is 43.6 Å². The highest BCUT2D eigenvalue weighted by Crippen LogP contribution is 2.28. The summed E-state index contributed by atoms with van der Waals surface area (Å²) in [7, 11) is 3.34. The fourth-order valence-corrected chi connectivity index (χ4v) is 2.42. The van der Waals surface area contributed by atoms with Gasteiger partial charge in [0.2, 0.25) is 0 Å². The van der Waals surface area contributed by atoms with Gasteiger partial charge >= 0.3 is 0 Å². The molecule has 3 N–H and O–H groups in total. The summed E-state index contributed by atoms with van der Waals surface area (Å²) in [5.74, 6) is 1.27. The lowest BCUT2D eigenvalue weighted by Crippen LogP contribution is -2.32. The second kappa shape index (κ2) is 9.80. The van der Waals surface area contributed by atoms with Crippen LogP contribution >= 0.6 is 0 Å². The number of aryl methyl sites for hydroxylation is 1. The SMILES string of the molecule is CCc1ccc(Nc2ncnc(N(CCOC)CCOC)c2N)cc1. The van der Waals surface area contributed by atoms with Crippen LogP contribution in [0.15, 0.2) is 30.6 Å². The first kappa shape index (κ1) is 19.0. The van der Waals surface area contributed by atoms with Crippen LogP contribution in [0, 0.1) is 0 Å². The Bertz CT molecular complexity index is 640. The number of aromatic nitrogens is 2. The highest BCUT2D eigenvalue weighted by atomic mass is 16.5. The average molecular weight is 345 g/mol. The van der Waals surface area contributed by atoms with E-state index in [1.54, 1.807) is 14.2 Å². The van der Waals surface area contributed by atoms with E-state index in [4.69, 9.17) is 15.2 Å². The van der Waals surface area contributed by atoms with Gasteiger partial charge in [-0.3, -0.25) is 0 Å². The van der Waals surface area contributed by atoms with E-state index in [2.05, 4.69) is 34.3 Å². The number of nitrogens with zero attached hydrogens (tertiary/aromatic N) is 3. The van der Waals surface area contributed by atoms with E-state index in [0.717, 1.165) is 12.1 Å². The van der Waals surface area contributed by atoms with Gasteiger partial charge in [-0.2, -0.15) is 0 Å². The monoisotopic (exact) mass is 345 g/mol. The first-order valence-electron chi connectivity index (χ1n) is 8.38. The Morgan fingerprint density at radius 2 is 1.68 bits per heavy atom. The van der Waals surface area contributed by atoms with Crippen LogP contribution in [0.2, 0.25) is 0 Å². The van der Waals surface area contributed by atoms with E-state index in [-0.39, 0.29) is 0 Å². The van der Waals surface area contributed by atoms with Crippen molar-refractivity contribution >= 4 is 23.0 Å². The first-order valence-corrected chi connectivity index (χ1v) is 8.38. The molecule has 0 atom stereocenters. The minimum atomic E-state index is 0.509. The maximum Gasteiger partial charge on any atom is 0.159 e. The molecular formula is C18H27N5O2. The lowest BCUT2D eigenvalue weighted by atomic mass is 10.1. The van der Waals surface area contributed by atoms with Crippen molar-refractivity contribution < 1.29 is 9.47 Å². The summed E-state index contributed by atoms with van der Waals surface area (Å²) in [6.45, 7) is 4.63. The van der Waals surface area contributed by atoms with E-state index in [9.17, 15) is 0 Å². The summed E-state index contributed by atoms with van der Waals surface area (Å²) >= 11 is 0. The van der Waals surface area contributed by atoms with Gasteiger partial charge in [0, 0.05) is 33.0 Å². The molecule has 0 fully saturated rings. The van der Waals surface area contributed by atoms with Crippen LogP contribution in [0.4, 0.5) is 23.0 Å². The van der Waals surface area contributed by atoms with Crippen molar-refractivity contribution in [2.24, 2.45) is 0 Å². The number of nitrogens with one attached hydrogen (secondary N) is 1. The molecule has 2 rings (SSSR count). The molecule has 1 aromatic heterocycles. The van der Waals surface area contributed by atoms with Gasteiger partial charge in [0.15, 0.2) is 11.6 Å². The number of hydrogen-bond acceptors (Lipinski definition) is 7. The van der Waals surface area contributed by atoms with Crippen molar-refractivity contribution in [3.8, 4) is 0 Å². The molecule has 7 heteroatoms. The standard InChI is InChI=1S/C18H27N5O2/c1-4-14-5-7-15(8-6-14)22-17-16(19)18(21-13-20-17)23(9-11-24-2)10-12-25-3/h5-8,13H,4,9-12,19H2,1-3H3,(H,20,21,22). The Balaban J connectivity index is 2.20. The van der Waals surface area contributed by atoms with Gasteiger partial charge in [-0.15, -0.1) is 0 Å². The Labute approximate surface area is 149 Å². The Hall–Kier alpha value is -2.38. The van der Waals surface area contributed by atoms with Crippen LogP contribution in [-0.2, 0) is 15.9 Å². The summed E-state index contributed by atoms with van der Waals surface area (Å²) in [4.78, 5) is 10.7. The number of anilines is 4. The number of rotatable bonds is 10. The van der Waals surface area contributed by atoms with E-state index >= 15 is 0 Å². The number of hydrogen-bond donors (Lipinski definition) is 2. The van der Waals surface area contributed by atoms with E-state index in [1.807, 2.05) is 17.0 Å². The minimum Gasteiger partial charge on any atom is -0.393 e. The van der Waals surface area contributed by atoms with Gasteiger partial charge < -0.3 is 25.4 Å². The Morgan fingerprint density at radius 3 is 2.24 bits per heavy atom. The molecule has 0 unspecified atom stereocenters. The molecule has 0 spiro atoms. The molecule has 0 aliphatic carbocycles. The number of methoxy groups -OCH3 is 2. The van der Waals surface area contributed by atoms with Gasteiger partial charge in [-0.25, -0.2) is 9.97 Å². The molecule has 0 amide bonds. The fourth-order valence-electron chi connectivity index (χ4n) is 2.42. The number of nitrogen functional groups attached to an aromatic ring is 1.